The van der Waals surface area contributed by atoms with Crippen LogP contribution < -0.4 is 10.6 Å². The minimum absolute atomic E-state index is 0.0419. The fourth-order valence-electron chi connectivity index (χ4n) is 6.99. The number of fused-ring (bicyclic) bond motifs is 1. The van der Waals surface area contributed by atoms with E-state index in [0.717, 1.165) is 62.5 Å². The van der Waals surface area contributed by atoms with E-state index in [2.05, 4.69) is 39.8 Å². The Morgan fingerprint density at radius 1 is 0.825 bits per heavy atom. The molecule has 2 saturated heterocycles. The normalized spacial score (nSPS) is 24.3. The maximum absolute atomic E-state index is 14.8. The van der Waals surface area contributed by atoms with Crippen molar-refractivity contribution in [3.05, 3.63) is 71.8 Å². The number of nitrogens with one attached hydrogen (secondary N) is 2. The molecule has 40 heavy (non-hydrogen) atoms. The standard InChI is InChI=1S/C33H44N4O3/c1-23(34-2)31(38)35-28-20-12-11-19-27-21-22-29(36(27)32(28)39)33(40)37(26-17-9-10-18-26)30(24-13-5-3-6-14-24)25-15-7-4-8-16-25/h3-8,13-16,23,26-30,34H,9-12,17-22H2,1-2H3,(H,35,38). The van der Waals surface area contributed by atoms with Gasteiger partial charge < -0.3 is 20.4 Å². The average Bonchev–Trinajstić information content (AvgIpc) is 3.66. The molecule has 2 heterocycles. The van der Waals surface area contributed by atoms with Gasteiger partial charge in [0.25, 0.3) is 0 Å². The van der Waals surface area contributed by atoms with Crippen molar-refractivity contribution in [3.63, 3.8) is 0 Å². The van der Waals surface area contributed by atoms with Crippen molar-refractivity contribution < 1.29 is 14.4 Å². The van der Waals surface area contributed by atoms with E-state index in [9.17, 15) is 14.4 Å². The number of rotatable bonds is 8. The van der Waals surface area contributed by atoms with Gasteiger partial charge in [0, 0.05) is 12.1 Å². The van der Waals surface area contributed by atoms with Crippen LogP contribution in [-0.4, -0.2) is 64.8 Å². The second-order valence-corrected chi connectivity index (χ2v) is 11.8. The zero-order chi connectivity index (χ0) is 28.1. The first-order valence-corrected chi connectivity index (χ1v) is 15.2. The summed E-state index contributed by atoms with van der Waals surface area (Å²) in [5.41, 5.74) is 2.18. The van der Waals surface area contributed by atoms with Crippen molar-refractivity contribution >= 4 is 17.7 Å². The molecule has 3 fully saturated rings. The van der Waals surface area contributed by atoms with Gasteiger partial charge >= 0.3 is 0 Å². The molecule has 0 spiro atoms. The highest BCUT2D eigenvalue weighted by atomic mass is 16.2. The minimum Gasteiger partial charge on any atom is -0.343 e. The average molecular weight is 545 g/mol. The molecule has 1 saturated carbocycles. The second kappa shape index (κ2) is 13.0. The van der Waals surface area contributed by atoms with Gasteiger partial charge in [-0.25, -0.2) is 0 Å². The largest absolute Gasteiger partial charge is 0.343 e. The van der Waals surface area contributed by atoms with Crippen molar-refractivity contribution in [2.75, 3.05) is 7.05 Å². The van der Waals surface area contributed by atoms with Crippen LogP contribution in [0.2, 0.25) is 0 Å². The molecule has 214 valence electrons. The summed E-state index contributed by atoms with van der Waals surface area (Å²) in [6.07, 6.45) is 9.08. The van der Waals surface area contributed by atoms with Gasteiger partial charge in [-0.05, 0) is 63.6 Å². The molecule has 0 radical (unpaired) electrons. The third-order valence-corrected chi connectivity index (χ3v) is 9.24. The lowest BCUT2D eigenvalue weighted by atomic mass is 9.94. The maximum atomic E-state index is 14.8. The van der Waals surface area contributed by atoms with E-state index < -0.39 is 12.1 Å². The van der Waals surface area contributed by atoms with Gasteiger partial charge in [-0.3, -0.25) is 14.4 Å². The Bertz CT molecular complexity index is 1110. The highest BCUT2D eigenvalue weighted by Crippen LogP contribution is 2.39. The Balaban J connectivity index is 1.50. The third kappa shape index (κ3) is 5.95. The van der Waals surface area contributed by atoms with Gasteiger partial charge in [0.1, 0.15) is 12.1 Å². The molecule has 7 nitrogen and oxygen atoms in total. The molecular formula is C33H44N4O3. The van der Waals surface area contributed by atoms with Gasteiger partial charge in [0.2, 0.25) is 17.7 Å². The van der Waals surface area contributed by atoms with Crippen molar-refractivity contribution in [1.82, 2.24) is 20.4 Å². The van der Waals surface area contributed by atoms with Gasteiger partial charge in [0.15, 0.2) is 0 Å². The molecule has 2 N–H and O–H groups in total. The SMILES string of the molecule is CNC(C)C(=O)NC1CCCCC2CCC(C(=O)N(C3CCCC3)C(c3ccccc3)c3ccccc3)N2C1=O. The first-order chi connectivity index (χ1) is 19.5. The lowest BCUT2D eigenvalue weighted by molar-refractivity contribution is -0.150. The Morgan fingerprint density at radius 2 is 1.40 bits per heavy atom. The minimum atomic E-state index is -0.599. The molecule has 0 bridgehead atoms. The van der Waals surface area contributed by atoms with Crippen LogP contribution in [0.1, 0.15) is 88.3 Å². The molecule has 4 atom stereocenters. The van der Waals surface area contributed by atoms with Gasteiger partial charge in [-0.1, -0.05) is 86.3 Å². The lowest BCUT2D eigenvalue weighted by Gasteiger charge is -2.42. The van der Waals surface area contributed by atoms with E-state index in [1.54, 1.807) is 14.0 Å². The fraction of sp³-hybridized carbons (Fsp3) is 0.545. The zero-order valence-electron chi connectivity index (χ0n) is 23.9. The topological polar surface area (TPSA) is 81.8 Å². The second-order valence-electron chi connectivity index (χ2n) is 11.8. The first kappa shape index (κ1) is 28.3. The molecule has 2 aromatic carbocycles. The van der Waals surface area contributed by atoms with Crippen molar-refractivity contribution in [2.24, 2.45) is 0 Å². The van der Waals surface area contributed by atoms with Crippen LogP contribution >= 0.6 is 0 Å². The number of carbonyl (C=O) groups excluding carboxylic acids is 3. The molecule has 1 aliphatic carbocycles. The van der Waals surface area contributed by atoms with Crippen molar-refractivity contribution in [3.8, 4) is 0 Å². The smallest absolute Gasteiger partial charge is 0.246 e. The summed E-state index contributed by atoms with van der Waals surface area (Å²) in [7, 11) is 1.74. The highest BCUT2D eigenvalue weighted by molar-refractivity contribution is 5.94. The summed E-state index contributed by atoms with van der Waals surface area (Å²) >= 11 is 0. The number of nitrogens with zero attached hydrogens (tertiary/aromatic N) is 2. The molecule has 7 heteroatoms. The summed E-state index contributed by atoms with van der Waals surface area (Å²) in [4.78, 5) is 45.7. The predicted octanol–water partition coefficient (Wildman–Crippen LogP) is 4.57. The number of hydrogen-bond acceptors (Lipinski definition) is 4. The van der Waals surface area contributed by atoms with E-state index in [1.165, 1.54) is 0 Å². The number of carbonyl (C=O) groups is 3. The van der Waals surface area contributed by atoms with Crippen LogP contribution in [-0.2, 0) is 14.4 Å². The van der Waals surface area contributed by atoms with E-state index in [1.807, 2.05) is 41.3 Å². The van der Waals surface area contributed by atoms with Crippen LogP contribution in [0.5, 0.6) is 0 Å². The number of amides is 3. The van der Waals surface area contributed by atoms with Crippen LogP contribution in [0.25, 0.3) is 0 Å². The molecule has 2 aliphatic heterocycles. The van der Waals surface area contributed by atoms with E-state index in [-0.39, 0.29) is 41.9 Å². The molecule has 3 aliphatic rings. The number of hydrogen-bond donors (Lipinski definition) is 2. The maximum Gasteiger partial charge on any atom is 0.246 e. The summed E-state index contributed by atoms with van der Waals surface area (Å²) in [5.74, 6) is -0.227. The third-order valence-electron chi connectivity index (χ3n) is 9.24. The van der Waals surface area contributed by atoms with Crippen molar-refractivity contribution in [2.45, 2.75) is 107 Å². The Hall–Kier alpha value is -3.19. The van der Waals surface area contributed by atoms with E-state index in [0.29, 0.717) is 12.8 Å². The van der Waals surface area contributed by atoms with Crippen LogP contribution in [0.15, 0.2) is 60.7 Å². The molecule has 4 unspecified atom stereocenters. The molecular weight excluding hydrogens is 500 g/mol. The van der Waals surface area contributed by atoms with E-state index >= 15 is 0 Å². The Labute approximate surface area is 238 Å². The molecule has 2 aromatic rings. The Morgan fingerprint density at radius 3 is 2.00 bits per heavy atom. The summed E-state index contributed by atoms with van der Waals surface area (Å²) < 4.78 is 0. The van der Waals surface area contributed by atoms with E-state index in [4.69, 9.17) is 0 Å². The summed E-state index contributed by atoms with van der Waals surface area (Å²) in [5, 5.41) is 5.96. The van der Waals surface area contributed by atoms with Crippen LogP contribution in [0.3, 0.4) is 0 Å². The number of likely N-dealkylation sites (N-methyl/N-ethyl adjacent to an activating group) is 1. The Kier molecular flexibility index (Phi) is 9.20. The van der Waals surface area contributed by atoms with Gasteiger partial charge in [-0.2, -0.15) is 0 Å². The molecule has 3 amide bonds. The summed E-state index contributed by atoms with van der Waals surface area (Å²) in [6.45, 7) is 1.79. The highest BCUT2D eigenvalue weighted by Gasteiger charge is 2.47. The fourth-order valence-corrected chi connectivity index (χ4v) is 6.99. The summed E-state index contributed by atoms with van der Waals surface area (Å²) in [6, 6.07) is 19.1. The molecule has 0 aromatic heterocycles. The number of benzene rings is 2. The van der Waals surface area contributed by atoms with Crippen LogP contribution in [0.4, 0.5) is 0 Å². The molecule has 5 rings (SSSR count). The first-order valence-electron chi connectivity index (χ1n) is 15.2. The predicted molar refractivity (Wildman–Crippen MR) is 156 cm³/mol. The van der Waals surface area contributed by atoms with Gasteiger partial charge in [-0.15, -0.1) is 0 Å². The lowest BCUT2D eigenvalue weighted by Crippen LogP contribution is -2.59. The van der Waals surface area contributed by atoms with Gasteiger partial charge in [0.05, 0.1) is 12.1 Å². The van der Waals surface area contributed by atoms with Crippen molar-refractivity contribution in [1.29, 1.82) is 0 Å². The van der Waals surface area contributed by atoms with Crippen LogP contribution in [0, 0.1) is 0 Å². The quantitative estimate of drug-likeness (QED) is 0.510. The monoisotopic (exact) mass is 544 g/mol. The zero-order valence-corrected chi connectivity index (χ0v) is 23.9.